The summed E-state index contributed by atoms with van der Waals surface area (Å²) in [5.41, 5.74) is 3.00. The number of hydrogen-bond donors (Lipinski definition) is 1. The van der Waals surface area contributed by atoms with Crippen molar-refractivity contribution in [3.63, 3.8) is 0 Å². The molecule has 8 nitrogen and oxygen atoms in total. The van der Waals surface area contributed by atoms with Crippen molar-refractivity contribution in [2.75, 3.05) is 6.54 Å². The van der Waals surface area contributed by atoms with E-state index in [2.05, 4.69) is 25.7 Å². The molecule has 0 bridgehead atoms. The number of tetrazole rings is 1. The average Bonchev–Trinajstić information content (AvgIpc) is 3.75. The van der Waals surface area contributed by atoms with Gasteiger partial charge in [0.05, 0.1) is 24.7 Å². The number of furan rings is 1. The van der Waals surface area contributed by atoms with Gasteiger partial charge in [0.25, 0.3) is 0 Å². The van der Waals surface area contributed by atoms with Crippen molar-refractivity contribution in [2.24, 2.45) is 0 Å². The van der Waals surface area contributed by atoms with Crippen LogP contribution in [0, 0.1) is 0 Å². The van der Waals surface area contributed by atoms with E-state index >= 15 is 0 Å². The summed E-state index contributed by atoms with van der Waals surface area (Å²) in [7, 11) is 0. The van der Waals surface area contributed by atoms with Crippen molar-refractivity contribution < 1.29 is 9.21 Å². The van der Waals surface area contributed by atoms with Gasteiger partial charge in [0.1, 0.15) is 17.8 Å². The van der Waals surface area contributed by atoms with E-state index in [1.165, 1.54) is 0 Å². The zero-order valence-electron chi connectivity index (χ0n) is 21.1. The summed E-state index contributed by atoms with van der Waals surface area (Å²) in [6.45, 7) is 1.09. The van der Waals surface area contributed by atoms with Crippen LogP contribution in [0.1, 0.15) is 35.4 Å². The maximum absolute atomic E-state index is 13.9. The summed E-state index contributed by atoms with van der Waals surface area (Å²) in [4.78, 5) is 16.1. The van der Waals surface area contributed by atoms with E-state index in [0.29, 0.717) is 24.5 Å². The molecule has 0 radical (unpaired) electrons. The molecule has 1 fully saturated rings. The Labute approximate surface area is 231 Å². The predicted octanol–water partition coefficient (Wildman–Crippen LogP) is 5.31. The van der Waals surface area contributed by atoms with Crippen molar-refractivity contribution in [3.05, 3.63) is 125 Å². The van der Waals surface area contributed by atoms with Gasteiger partial charge in [-0.3, -0.25) is 9.69 Å². The van der Waals surface area contributed by atoms with Gasteiger partial charge in [0, 0.05) is 17.1 Å². The molecule has 0 unspecified atom stereocenters. The fourth-order valence-electron chi connectivity index (χ4n) is 5.18. The number of carbonyl (C=O) groups excluding carboxylic acids is 1. The first-order valence-corrected chi connectivity index (χ1v) is 13.2. The molecule has 39 heavy (non-hydrogen) atoms. The highest BCUT2D eigenvalue weighted by Gasteiger charge is 2.39. The number of carbonyl (C=O) groups is 1. The molecule has 9 heteroatoms. The molecule has 6 rings (SSSR count). The summed E-state index contributed by atoms with van der Waals surface area (Å²) in [5, 5.41) is 15.7. The maximum atomic E-state index is 13.9. The molecule has 196 valence electrons. The molecule has 1 aliphatic rings. The fourth-order valence-corrected chi connectivity index (χ4v) is 5.30. The maximum Gasteiger partial charge on any atom is 0.238 e. The van der Waals surface area contributed by atoms with Crippen LogP contribution in [0.3, 0.4) is 0 Å². The van der Waals surface area contributed by atoms with Crippen molar-refractivity contribution in [1.82, 2.24) is 30.4 Å². The number of aromatic nitrogens is 4. The zero-order valence-corrected chi connectivity index (χ0v) is 21.9. The molecule has 3 heterocycles. The smallest absolute Gasteiger partial charge is 0.238 e. The fraction of sp³-hybridized carbons (Fsp3) is 0.200. The van der Waals surface area contributed by atoms with E-state index in [0.717, 1.165) is 28.2 Å². The highest BCUT2D eigenvalue weighted by atomic mass is 35.5. The van der Waals surface area contributed by atoms with Crippen molar-refractivity contribution in [3.8, 4) is 11.3 Å². The molecule has 1 amide bonds. The van der Waals surface area contributed by atoms with Crippen LogP contribution in [0.15, 0.2) is 108 Å². The van der Waals surface area contributed by atoms with Crippen LogP contribution in [0.5, 0.6) is 0 Å². The first-order chi connectivity index (χ1) is 19.1. The number of nitrogens with one attached hydrogen (secondary N) is 1. The largest absolute Gasteiger partial charge is 0.460 e. The Morgan fingerprint density at radius 1 is 0.949 bits per heavy atom. The van der Waals surface area contributed by atoms with Gasteiger partial charge in [-0.15, -0.1) is 5.10 Å². The van der Waals surface area contributed by atoms with Gasteiger partial charge in [-0.2, -0.15) is 0 Å². The molecule has 3 aromatic carbocycles. The molecule has 1 N–H and O–H groups in total. The standard InChI is InChI=1S/C30H27ClN6O2/c31-24-13-11-21(12-14-24)28-16-15-26(39-28)19-36-18-25(37-20-32-34-35-37)17-27(36)30(38)33-29(22-7-3-1-4-8-22)23-9-5-2-6-10-23/h1-16,20,25,27,29H,17-19H2,(H,33,38)/t25-,27+/m1/s1. The van der Waals surface area contributed by atoms with Crippen molar-refractivity contribution in [1.29, 1.82) is 0 Å². The Balaban J connectivity index is 1.25. The second-order valence-corrected chi connectivity index (χ2v) is 10.1. The lowest BCUT2D eigenvalue weighted by molar-refractivity contribution is -0.126. The third-order valence-electron chi connectivity index (χ3n) is 7.12. The highest BCUT2D eigenvalue weighted by Crippen LogP contribution is 2.31. The van der Waals surface area contributed by atoms with Crippen LogP contribution in [-0.4, -0.2) is 43.6 Å². The minimum atomic E-state index is -0.391. The van der Waals surface area contributed by atoms with Crippen LogP contribution in [0.2, 0.25) is 5.02 Å². The predicted molar refractivity (Wildman–Crippen MR) is 148 cm³/mol. The van der Waals surface area contributed by atoms with Crippen molar-refractivity contribution >= 4 is 17.5 Å². The van der Waals surface area contributed by atoms with Gasteiger partial charge in [-0.1, -0.05) is 72.3 Å². The summed E-state index contributed by atoms with van der Waals surface area (Å²) in [5.74, 6) is 1.48. The van der Waals surface area contributed by atoms with Crippen LogP contribution < -0.4 is 5.32 Å². The second kappa shape index (κ2) is 11.2. The monoisotopic (exact) mass is 538 g/mol. The Bertz CT molecular complexity index is 1470. The number of nitrogens with zero attached hydrogens (tertiary/aromatic N) is 5. The normalized spacial score (nSPS) is 17.5. The molecule has 1 aliphatic heterocycles. The van der Waals surface area contributed by atoms with Gasteiger partial charge in [0.2, 0.25) is 5.91 Å². The number of benzene rings is 3. The van der Waals surface area contributed by atoms with Crippen LogP contribution in [-0.2, 0) is 11.3 Å². The Hall–Kier alpha value is -4.27. The molecule has 2 aromatic heterocycles. The molecule has 0 spiro atoms. The Morgan fingerprint density at radius 3 is 2.28 bits per heavy atom. The summed E-state index contributed by atoms with van der Waals surface area (Å²) in [6.07, 6.45) is 2.18. The van der Waals surface area contributed by atoms with Gasteiger partial charge in [-0.25, -0.2) is 4.68 Å². The number of amides is 1. The quantitative estimate of drug-likeness (QED) is 0.288. The van der Waals surface area contributed by atoms with E-state index < -0.39 is 6.04 Å². The number of halogens is 1. The third kappa shape index (κ3) is 5.62. The zero-order chi connectivity index (χ0) is 26.6. The van der Waals surface area contributed by atoms with Gasteiger partial charge in [0.15, 0.2) is 0 Å². The van der Waals surface area contributed by atoms with E-state index in [-0.39, 0.29) is 18.0 Å². The minimum absolute atomic E-state index is 0.0339. The third-order valence-corrected chi connectivity index (χ3v) is 7.38. The van der Waals surface area contributed by atoms with E-state index in [9.17, 15) is 4.79 Å². The lowest BCUT2D eigenvalue weighted by Gasteiger charge is -2.26. The lowest BCUT2D eigenvalue weighted by Crippen LogP contribution is -2.44. The Kier molecular flexibility index (Phi) is 7.21. The lowest BCUT2D eigenvalue weighted by atomic mass is 9.98. The topological polar surface area (TPSA) is 89.1 Å². The summed E-state index contributed by atoms with van der Waals surface area (Å²) in [6, 6.07) is 30.8. The van der Waals surface area contributed by atoms with Gasteiger partial charge < -0.3 is 9.73 Å². The molecule has 5 aromatic rings. The van der Waals surface area contributed by atoms with E-state index in [1.807, 2.05) is 97.1 Å². The van der Waals surface area contributed by atoms with Crippen LogP contribution >= 0.6 is 11.6 Å². The van der Waals surface area contributed by atoms with Gasteiger partial charge >= 0.3 is 0 Å². The number of rotatable bonds is 8. The Morgan fingerprint density at radius 2 is 1.64 bits per heavy atom. The molecular formula is C30H27ClN6O2. The molecule has 1 saturated heterocycles. The van der Waals surface area contributed by atoms with Crippen LogP contribution in [0.4, 0.5) is 0 Å². The van der Waals surface area contributed by atoms with E-state index in [1.54, 1.807) is 11.0 Å². The van der Waals surface area contributed by atoms with Crippen molar-refractivity contribution in [2.45, 2.75) is 31.1 Å². The molecule has 0 saturated carbocycles. The van der Waals surface area contributed by atoms with E-state index in [4.69, 9.17) is 16.0 Å². The molecule has 0 aliphatic carbocycles. The first kappa shape index (κ1) is 25.0. The first-order valence-electron chi connectivity index (χ1n) is 12.9. The van der Waals surface area contributed by atoms with Crippen LogP contribution in [0.25, 0.3) is 11.3 Å². The van der Waals surface area contributed by atoms with Gasteiger partial charge in [-0.05, 0) is 64.4 Å². The number of hydrogen-bond acceptors (Lipinski definition) is 6. The average molecular weight is 539 g/mol. The molecule has 2 atom stereocenters. The second-order valence-electron chi connectivity index (χ2n) is 9.66. The minimum Gasteiger partial charge on any atom is -0.460 e. The highest BCUT2D eigenvalue weighted by molar-refractivity contribution is 6.30. The molecular weight excluding hydrogens is 512 g/mol. The summed E-state index contributed by atoms with van der Waals surface area (Å²) >= 11 is 6.04. The summed E-state index contributed by atoms with van der Waals surface area (Å²) < 4.78 is 7.91. The number of likely N-dealkylation sites (tertiary alicyclic amines) is 1. The SMILES string of the molecule is O=C(NC(c1ccccc1)c1ccccc1)[C@@H]1C[C@@H](n2cnnn2)CN1Cc1ccc(-c2ccc(Cl)cc2)o1.